The van der Waals surface area contributed by atoms with E-state index in [1.807, 2.05) is 0 Å². The van der Waals surface area contributed by atoms with Gasteiger partial charge in [0.25, 0.3) is 6.43 Å². The van der Waals surface area contributed by atoms with Crippen LogP contribution in [0.3, 0.4) is 0 Å². The first kappa shape index (κ1) is 12.5. The molecule has 1 rings (SSSR count). The largest absolute Gasteiger partial charge is 0.305 e. The Hall–Kier alpha value is -0.550. The molecule has 0 amide bonds. The van der Waals surface area contributed by atoms with Crippen molar-refractivity contribution in [1.29, 1.82) is 0 Å². The zero-order valence-electron chi connectivity index (χ0n) is 8.11. The Balaban J connectivity index is 2.61. The minimum absolute atomic E-state index is 0.212. The quantitative estimate of drug-likeness (QED) is 0.893. The molecule has 0 heterocycles. The molecule has 84 valence electrons. The van der Waals surface area contributed by atoms with Crippen molar-refractivity contribution >= 4 is 15.9 Å². The van der Waals surface area contributed by atoms with Crippen LogP contribution in [0, 0.1) is 5.82 Å². The Kier molecular flexibility index (Phi) is 4.60. The summed E-state index contributed by atoms with van der Waals surface area (Å²) in [5.41, 5.74) is 0.627. The molecule has 0 saturated heterocycles. The van der Waals surface area contributed by atoms with Gasteiger partial charge in [0.05, 0.1) is 6.04 Å². The second kappa shape index (κ2) is 5.51. The van der Waals surface area contributed by atoms with E-state index in [4.69, 9.17) is 0 Å². The average molecular weight is 282 g/mol. The Morgan fingerprint density at radius 3 is 2.67 bits per heavy atom. The van der Waals surface area contributed by atoms with E-state index in [1.54, 1.807) is 6.07 Å². The summed E-state index contributed by atoms with van der Waals surface area (Å²) in [5, 5.41) is 2.62. The molecule has 0 spiro atoms. The number of hydrogen-bond acceptors (Lipinski definition) is 1. The van der Waals surface area contributed by atoms with E-state index < -0.39 is 12.5 Å². The third-order valence-corrected chi connectivity index (χ3v) is 2.77. The fourth-order valence-corrected chi connectivity index (χ4v) is 1.43. The number of rotatable bonds is 4. The molecule has 1 unspecified atom stereocenters. The van der Waals surface area contributed by atoms with Crippen LogP contribution in [0.4, 0.5) is 13.2 Å². The van der Waals surface area contributed by atoms with Crippen molar-refractivity contribution in [2.75, 3.05) is 0 Å². The molecular weight excluding hydrogens is 271 g/mol. The topological polar surface area (TPSA) is 12.0 Å². The summed E-state index contributed by atoms with van der Waals surface area (Å²) in [5.74, 6) is -0.375. The van der Waals surface area contributed by atoms with E-state index in [0.717, 1.165) is 0 Å². The van der Waals surface area contributed by atoms with Crippen LogP contribution in [0.2, 0.25) is 0 Å². The van der Waals surface area contributed by atoms with Gasteiger partial charge in [-0.3, -0.25) is 0 Å². The van der Waals surface area contributed by atoms with E-state index >= 15 is 0 Å². The van der Waals surface area contributed by atoms with Crippen LogP contribution >= 0.6 is 15.9 Å². The Morgan fingerprint density at radius 1 is 1.40 bits per heavy atom. The van der Waals surface area contributed by atoms with Crippen molar-refractivity contribution in [2.45, 2.75) is 25.9 Å². The van der Waals surface area contributed by atoms with Gasteiger partial charge in [0.15, 0.2) is 0 Å². The highest BCUT2D eigenvalue weighted by Crippen LogP contribution is 2.17. The maximum absolute atomic E-state index is 12.8. The molecule has 1 aromatic carbocycles. The SMILES string of the molecule is CC(NCc1cc(F)ccc1Br)C(F)F. The first-order valence-corrected chi connectivity index (χ1v) is 5.25. The van der Waals surface area contributed by atoms with Gasteiger partial charge in [0, 0.05) is 11.0 Å². The highest BCUT2D eigenvalue weighted by Gasteiger charge is 2.13. The van der Waals surface area contributed by atoms with Gasteiger partial charge in [-0.1, -0.05) is 15.9 Å². The van der Waals surface area contributed by atoms with Gasteiger partial charge in [0.1, 0.15) is 5.82 Å². The van der Waals surface area contributed by atoms with Gasteiger partial charge < -0.3 is 5.32 Å². The van der Waals surface area contributed by atoms with Crippen LogP contribution in [0.25, 0.3) is 0 Å². The number of alkyl halides is 2. The normalized spacial score (nSPS) is 13.2. The van der Waals surface area contributed by atoms with Gasteiger partial charge in [-0.2, -0.15) is 0 Å². The van der Waals surface area contributed by atoms with E-state index in [0.29, 0.717) is 10.0 Å². The van der Waals surface area contributed by atoms with Crippen LogP contribution in [-0.4, -0.2) is 12.5 Å². The van der Waals surface area contributed by atoms with Crippen molar-refractivity contribution in [3.63, 3.8) is 0 Å². The third kappa shape index (κ3) is 3.83. The lowest BCUT2D eigenvalue weighted by Crippen LogP contribution is -2.32. The Morgan fingerprint density at radius 2 is 2.07 bits per heavy atom. The van der Waals surface area contributed by atoms with E-state index in [1.165, 1.54) is 19.1 Å². The number of hydrogen-bond donors (Lipinski definition) is 1. The van der Waals surface area contributed by atoms with Crippen LogP contribution in [0.1, 0.15) is 12.5 Å². The monoisotopic (exact) mass is 281 g/mol. The zero-order chi connectivity index (χ0) is 11.4. The van der Waals surface area contributed by atoms with Crippen molar-refractivity contribution in [2.24, 2.45) is 0 Å². The van der Waals surface area contributed by atoms with E-state index in [-0.39, 0.29) is 12.4 Å². The first-order valence-electron chi connectivity index (χ1n) is 4.46. The Bertz CT molecular complexity index is 330. The maximum atomic E-state index is 12.8. The molecule has 1 nitrogen and oxygen atoms in total. The van der Waals surface area contributed by atoms with Crippen molar-refractivity contribution in [1.82, 2.24) is 5.32 Å². The lowest BCUT2D eigenvalue weighted by Gasteiger charge is -2.13. The molecule has 0 aliphatic heterocycles. The fourth-order valence-electron chi connectivity index (χ4n) is 1.04. The average Bonchev–Trinajstić information content (AvgIpc) is 2.18. The minimum Gasteiger partial charge on any atom is -0.305 e. The molecule has 1 atom stereocenters. The third-order valence-electron chi connectivity index (χ3n) is 2.00. The lowest BCUT2D eigenvalue weighted by molar-refractivity contribution is 0.105. The zero-order valence-corrected chi connectivity index (χ0v) is 9.69. The molecular formula is C10H11BrF3N. The maximum Gasteiger partial charge on any atom is 0.253 e. The van der Waals surface area contributed by atoms with E-state index in [9.17, 15) is 13.2 Å². The second-order valence-electron chi connectivity index (χ2n) is 3.24. The van der Waals surface area contributed by atoms with Gasteiger partial charge in [-0.25, -0.2) is 13.2 Å². The molecule has 0 bridgehead atoms. The highest BCUT2D eigenvalue weighted by atomic mass is 79.9. The van der Waals surface area contributed by atoms with Crippen LogP contribution in [0.5, 0.6) is 0 Å². The molecule has 0 aliphatic carbocycles. The molecule has 0 fully saturated rings. The number of nitrogens with one attached hydrogen (secondary N) is 1. The van der Waals surface area contributed by atoms with Crippen LogP contribution < -0.4 is 5.32 Å². The standard InChI is InChI=1S/C10H11BrF3N/c1-6(10(13)14)15-5-7-4-8(12)2-3-9(7)11/h2-4,6,10,15H,5H2,1H3. The van der Waals surface area contributed by atoms with Crippen molar-refractivity contribution < 1.29 is 13.2 Å². The number of halogens is 4. The first-order chi connectivity index (χ1) is 7.00. The smallest absolute Gasteiger partial charge is 0.253 e. The van der Waals surface area contributed by atoms with Crippen molar-refractivity contribution in [3.05, 3.63) is 34.1 Å². The minimum atomic E-state index is -2.42. The van der Waals surface area contributed by atoms with E-state index in [2.05, 4.69) is 21.2 Å². The number of benzene rings is 1. The summed E-state index contributed by atoms with van der Waals surface area (Å²) in [6.45, 7) is 1.60. The van der Waals surface area contributed by atoms with Crippen LogP contribution in [-0.2, 0) is 6.54 Å². The highest BCUT2D eigenvalue weighted by molar-refractivity contribution is 9.10. The molecule has 5 heteroatoms. The molecule has 1 aromatic rings. The summed E-state index contributed by atoms with van der Waals surface area (Å²) in [4.78, 5) is 0. The predicted octanol–water partition coefficient (Wildman–Crippen LogP) is 3.33. The van der Waals surface area contributed by atoms with Crippen LogP contribution in [0.15, 0.2) is 22.7 Å². The summed E-state index contributed by atoms with van der Waals surface area (Å²) in [7, 11) is 0. The van der Waals surface area contributed by atoms with Gasteiger partial charge in [-0.15, -0.1) is 0 Å². The predicted molar refractivity (Wildman–Crippen MR) is 56.4 cm³/mol. The molecule has 0 saturated carbocycles. The van der Waals surface area contributed by atoms with Crippen molar-refractivity contribution in [3.8, 4) is 0 Å². The molecule has 15 heavy (non-hydrogen) atoms. The summed E-state index contributed by atoms with van der Waals surface area (Å²) < 4.78 is 37.9. The summed E-state index contributed by atoms with van der Waals surface area (Å²) in [6.07, 6.45) is -2.42. The van der Waals surface area contributed by atoms with Gasteiger partial charge >= 0.3 is 0 Å². The lowest BCUT2D eigenvalue weighted by atomic mass is 10.2. The summed E-state index contributed by atoms with van der Waals surface area (Å²) in [6, 6.07) is 3.28. The molecule has 0 radical (unpaired) electrons. The second-order valence-corrected chi connectivity index (χ2v) is 4.09. The molecule has 0 aromatic heterocycles. The van der Waals surface area contributed by atoms with Gasteiger partial charge in [0.2, 0.25) is 0 Å². The molecule has 1 N–H and O–H groups in total. The van der Waals surface area contributed by atoms with Gasteiger partial charge in [-0.05, 0) is 30.7 Å². The summed E-state index contributed by atoms with van der Waals surface area (Å²) >= 11 is 3.22. The Labute approximate surface area is 94.8 Å². The molecule has 0 aliphatic rings. The fraction of sp³-hybridized carbons (Fsp3) is 0.400.